The molecule has 0 spiro atoms. The third-order valence-electron chi connectivity index (χ3n) is 2.75. The van der Waals surface area contributed by atoms with E-state index in [-0.39, 0.29) is 12.6 Å². The van der Waals surface area contributed by atoms with Crippen LogP contribution in [0.1, 0.15) is 25.5 Å². The predicted octanol–water partition coefficient (Wildman–Crippen LogP) is 1.97. The molecule has 92 valence electrons. The summed E-state index contributed by atoms with van der Waals surface area (Å²) in [7, 11) is 0. The third kappa shape index (κ3) is 2.53. The summed E-state index contributed by atoms with van der Waals surface area (Å²) in [5, 5.41) is 13.3. The van der Waals surface area contributed by atoms with E-state index in [1.54, 1.807) is 6.33 Å². The van der Waals surface area contributed by atoms with Crippen molar-refractivity contribution in [1.29, 1.82) is 0 Å². The Labute approximate surface area is 104 Å². The first kappa shape index (κ1) is 12.2. The summed E-state index contributed by atoms with van der Waals surface area (Å²) in [6.07, 6.45) is 3.22. The van der Waals surface area contributed by atoms with Gasteiger partial charge in [0.15, 0.2) is 0 Å². The van der Waals surface area contributed by atoms with Gasteiger partial charge in [0.1, 0.15) is 17.0 Å². The SMILES string of the molecule is CCC(CCO)Nc1ncnc2snc(C)c12. The zero-order valence-corrected chi connectivity index (χ0v) is 10.8. The van der Waals surface area contributed by atoms with Crippen LogP contribution in [0.5, 0.6) is 0 Å². The number of fused-ring (bicyclic) bond motifs is 1. The van der Waals surface area contributed by atoms with E-state index >= 15 is 0 Å². The highest BCUT2D eigenvalue weighted by molar-refractivity contribution is 7.13. The maximum Gasteiger partial charge on any atom is 0.149 e. The standard InChI is InChI=1S/C11H16N4OS/c1-3-8(4-5-16)14-10-9-7(2)15-17-11(9)13-6-12-10/h6,8,16H,3-5H2,1-2H3,(H,12,13,14). The van der Waals surface area contributed by atoms with Crippen LogP contribution in [-0.4, -0.2) is 32.1 Å². The van der Waals surface area contributed by atoms with Crippen molar-refractivity contribution in [1.82, 2.24) is 14.3 Å². The highest BCUT2D eigenvalue weighted by Gasteiger charge is 2.13. The van der Waals surface area contributed by atoms with Gasteiger partial charge in [-0.1, -0.05) is 6.92 Å². The Kier molecular flexibility index (Phi) is 3.86. The Balaban J connectivity index is 2.31. The van der Waals surface area contributed by atoms with Crippen LogP contribution >= 0.6 is 11.5 Å². The van der Waals surface area contributed by atoms with E-state index < -0.39 is 0 Å². The van der Waals surface area contributed by atoms with Gasteiger partial charge in [-0.05, 0) is 31.3 Å². The van der Waals surface area contributed by atoms with E-state index in [0.717, 1.165) is 34.6 Å². The van der Waals surface area contributed by atoms with Crippen LogP contribution in [0.15, 0.2) is 6.33 Å². The number of aliphatic hydroxyl groups is 1. The fraction of sp³-hybridized carbons (Fsp3) is 0.545. The Hall–Kier alpha value is -1.27. The van der Waals surface area contributed by atoms with Gasteiger partial charge in [0.05, 0.1) is 11.1 Å². The first-order valence-electron chi connectivity index (χ1n) is 5.70. The molecular formula is C11H16N4OS. The molecule has 0 amide bonds. The Bertz CT molecular complexity index is 499. The van der Waals surface area contributed by atoms with Gasteiger partial charge < -0.3 is 10.4 Å². The molecule has 2 heterocycles. The van der Waals surface area contributed by atoms with Crippen LogP contribution in [0.3, 0.4) is 0 Å². The summed E-state index contributed by atoms with van der Waals surface area (Å²) in [5.74, 6) is 0.821. The molecule has 2 aromatic heterocycles. The highest BCUT2D eigenvalue weighted by atomic mass is 32.1. The molecule has 0 aromatic carbocycles. The van der Waals surface area contributed by atoms with Crippen LogP contribution in [0.25, 0.3) is 10.2 Å². The zero-order valence-electron chi connectivity index (χ0n) is 9.97. The maximum absolute atomic E-state index is 8.99. The summed E-state index contributed by atoms with van der Waals surface area (Å²) in [6, 6.07) is 0.234. The molecular weight excluding hydrogens is 236 g/mol. The number of nitrogens with zero attached hydrogens (tertiary/aromatic N) is 3. The fourth-order valence-corrected chi connectivity index (χ4v) is 2.50. The highest BCUT2D eigenvalue weighted by Crippen LogP contribution is 2.26. The second-order valence-corrected chi connectivity index (χ2v) is 4.68. The van der Waals surface area contributed by atoms with E-state index in [4.69, 9.17) is 5.11 Å². The average Bonchev–Trinajstić information content (AvgIpc) is 2.72. The van der Waals surface area contributed by atoms with Gasteiger partial charge in [-0.2, -0.15) is 4.37 Å². The number of aryl methyl sites for hydroxylation is 1. The number of nitrogens with one attached hydrogen (secondary N) is 1. The van der Waals surface area contributed by atoms with Crippen LogP contribution < -0.4 is 5.32 Å². The number of aliphatic hydroxyl groups excluding tert-OH is 1. The number of anilines is 1. The molecule has 0 bridgehead atoms. The third-order valence-corrected chi connectivity index (χ3v) is 3.60. The van der Waals surface area contributed by atoms with Gasteiger partial charge in [-0.15, -0.1) is 0 Å². The molecule has 0 saturated carbocycles. The molecule has 0 aliphatic carbocycles. The van der Waals surface area contributed by atoms with E-state index in [9.17, 15) is 0 Å². The lowest BCUT2D eigenvalue weighted by Gasteiger charge is -2.16. The monoisotopic (exact) mass is 252 g/mol. The molecule has 17 heavy (non-hydrogen) atoms. The maximum atomic E-state index is 8.99. The molecule has 0 saturated heterocycles. The van der Waals surface area contributed by atoms with Crippen molar-refractivity contribution in [2.75, 3.05) is 11.9 Å². The van der Waals surface area contributed by atoms with Crippen LogP contribution in [0.4, 0.5) is 5.82 Å². The quantitative estimate of drug-likeness (QED) is 0.851. The molecule has 0 radical (unpaired) electrons. The summed E-state index contributed by atoms with van der Waals surface area (Å²) < 4.78 is 4.29. The van der Waals surface area contributed by atoms with Crippen molar-refractivity contribution >= 4 is 27.6 Å². The van der Waals surface area contributed by atoms with Gasteiger partial charge in [0, 0.05) is 12.6 Å². The summed E-state index contributed by atoms with van der Waals surface area (Å²) in [5.41, 5.74) is 0.951. The van der Waals surface area contributed by atoms with Gasteiger partial charge >= 0.3 is 0 Å². The van der Waals surface area contributed by atoms with E-state index in [0.29, 0.717) is 0 Å². The van der Waals surface area contributed by atoms with Gasteiger partial charge in [-0.3, -0.25) is 0 Å². The fourth-order valence-electron chi connectivity index (χ4n) is 1.76. The summed E-state index contributed by atoms with van der Waals surface area (Å²) in [4.78, 5) is 9.37. The van der Waals surface area contributed by atoms with Gasteiger partial charge in [0.2, 0.25) is 0 Å². The smallest absolute Gasteiger partial charge is 0.149 e. The zero-order chi connectivity index (χ0) is 12.3. The molecule has 1 unspecified atom stereocenters. The lowest BCUT2D eigenvalue weighted by molar-refractivity contribution is 0.278. The number of hydrogen-bond acceptors (Lipinski definition) is 6. The molecule has 5 nitrogen and oxygen atoms in total. The minimum atomic E-state index is 0.181. The summed E-state index contributed by atoms with van der Waals surface area (Å²) >= 11 is 1.39. The summed E-state index contributed by atoms with van der Waals surface area (Å²) in [6.45, 7) is 4.23. The largest absolute Gasteiger partial charge is 0.396 e. The lowest BCUT2D eigenvalue weighted by Crippen LogP contribution is -2.20. The van der Waals surface area contributed by atoms with Crippen molar-refractivity contribution in [2.24, 2.45) is 0 Å². The molecule has 2 aromatic rings. The first-order chi connectivity index (χ1) is 8.26. The lowest BCUT2D eigenvalue weighted by atomic mass is 10.1. The van der Waals surface area contributed by atoms with Crippen LogP contribution in [0, 0.1) is 6.92 Å². The average molecular weight is 252 g/mol. The molecule has 6 heteroatoms. The molecule has 0 aliphatic rings. The molecule has 2 N–H and O–H groups in total. The molecule has 0 aliphatic heterocycles. The minimum Gasteiger partial charge on any atom is -0.396 e. The van der Waals surface area contributed by atoms with E-state index in [1.165, 1.54) is 11.5 Å². The van der Waals surface area contributed by atoms with Crippen molar-refractivity contribution in [3.63, 3.8) is 0 Å². The van der Waals surface area contributed by atoms with Crippen LogP contribution in [0.2, 0.25) is 0 Å². The second kappa shape index (κ2) is 5.37. The molecule has 0 fully saturated rings. The topological polar surface area (TPSA) is 70.9 Å². The number of aromatic nitrogens is 3. The minimum absolute atomic E-state index is 0.181. The molecule has 1 atom stereocenters. The first-order valence-corrected chi connectivity index (χ1v) is 6.48. The Morgan fingerprint density at radius 3 is 3.00 bits per heavy atom. The van der Waals surface area contributed by atoms with E-state index in [2.05, 4.69) is 26.6 Å². The van der Waals surface area contributed by atoms with Crippen molar-refractivity contribution in [2.45, 2.75) is 32.7 Å². The van der Waals surface area contributed by atoms with Gasteiger partial charge in [-0.25, -0.2) is 9.97 Å². The second-order valence-electron chi connectivity index (χ2n) is 3.93. The normalized spacial score (nSPS) is 12.9. The Morgan fingerprint density at radius 1 is 1.47 bits per heavy atom. The number of rotatable bonds is 5. The van der Waals surface area contributed by atoms with E-state index in [1.807, 2.05) is 6.92 Å². The van der Waals surface area contributed by atoms with Gasteiger partial charge in [0.25, 0.3) is 0 Å². The Morgan fingerprint density at radius 2 is 2.29 bits per heavy atom. The van der Waals surface area contributed by atoms with Crippen molar-refractivity contribution in [3.05, 3.63) is 12.0 Å². The number of hydrogen-bond donors (Lipinski definition) is 2. The molecule has 2 rings (SSSR count). The van der Waals surface area contributed by atoms with Crippen LogP contribution in [-0.2, 0) is 0 Å². The van der Waals surface area contributed by atoms with Crippen molar-refractivity contribution < 1.29 is 5.11 Å². The van der Waals surface area contributed by atoms with Crippen molar-refractivity contribution in [3.8, 4) is 0 Å². The predicted molar refractivity (Wildman–Crippen MR) is 69.4 cm³/mol.